The number of primary amides is 1. The Morgan fingerprint density at radius 2 is 1.91 bits per heavy atom. The first kappa shape index (κ1) is 30.2. The number of ether oxygens (including phenoxy) is 1. The maximum absolute atomic E-state index is 16.3. The number of hydrogen-bond acceptors (Lipinski definition) is 6. The van der Waals surface area contributed by atoms with Gasteiger partial charge in [0.2, 0.25) is 17.7 Å². The molecule has 1 saturated carbocycles. The first-order valence-electron chi connectivity index (χ1n) is 14.7. The van der Waals surface area contributed by atoms with Gasteiger partial charge in [0.1, 0.15) is 17.1 Å². The molecule has 5 N–H and O–H groups in total. The summed E-state index contributed by atoms with van der Waals surface area (Å²) in [6.45, 7) is 4.56. The van der Waals surface area contributed by atoms with E-state index >= 15 is 4.39 Å². The third-order valence-electron chi connectivity index (χ3n) is 10.1. The second-order valence-corrected chi connectivity index (χ2v) is 14.2. The molecule has 1 unspecified atom stereocenters. The number of pyridine rings is 1. The summed E-state index contributed by atoms with van der Waals surface area (Å²) in [6, 6.07) is 4.92. The molecule has 9 nitrogen and oxygen atoms in total. The molecule has 43 heavy (non-hydrogen) atoms. The zero-order valence-electron chi connectivity index (χ0n) is 24.1. The second-order valence-electron chi connectivity index (χ2n) is 13.4. The van der Waals surface area contributed by atoms with Crippen molar-refractivity contribution in [2.45, 2.75) is 93.9 Å². The molecule has 4 aliphatic rings. The minimum atomic E-state index is -1.36. The highest BCUT2D eigenvalue weighted by Crippen LogP contribution is 2.59. The van der Waals surface area contributed by atoms with Gasteiger partial charge in [0.25, 0.3) is 0 Å². The molecule has 230 valence electrons. The zero-order valence-corrected chi connectivity index (χ0v) is 25.7. The average Bonchev–Trinajstić information content (AvgIpc) is 3.47. The van der Waals surface area contributed by atoms with Gasteiger partial charge in [-0.05, 0) is 68.1 Å². The fraction of sp³-hybridized carbons (Fsp3) is 0.548. The molecule has 0 radical (unpaired) electrons. The minimum absolute atomic E-state index is 0.0900. The number of nitrogens with one attached hydrogen (secondary N) is 3. The van der Waals surface area contributed by atoms with Crippen molar-refractivity contribution in [2.75, 3.05) is 11.9 Å². The lowest BCUT2D eigenvalue weighted by Gasteiger charge is -2.43. The number of anilines is 1. The number of nitrogens with zero attached hydrogens (tertiary/aromatic N) is 1. The smallest absolute Gasteiger partial charge is 0.246 e. The quantitative estimate of drug-likeness (QED) is 0.362. The van der Waals surface area contributed by atoms with Gasteiger partial charge < -0.3 is 21.1 Å². The average molecular weight is 633 g/mol. The molecule has 3 amide bonds. The van der Waals surface area contributed by atoms with E-state index in [2.05, 4.69) is 34.8 Å². The Kier molecular flexibility index (Phi) is 7.72. The molecule has 5 atom stereocenters. The number of carbonyl (C=O) groups excluding carboxylic acids is 3. The number of amides is 3. The van der Waals surface area contributed by atoms with Crippen molar-refractivity contribution < 1.29 is 23.5 Å². The highest BCUT2D eigenvalue weighted by Gasteiger charge is 2.65. The first-order chi connectivity index (χ1) is 20.3. The Morgan fingerprint density at radius 3 is 2.58 bits per heavy atom. The lowest BCUT2D eigenvalue weighted by molar-refractivity contribution is -0.134. The summed E-state index contributed by atoms with van der Waals surface area (Å²) in [4.78, 5) is 44.3. The fourth-order valence-corrected chi connectivity index (χ4v) is 8.06. The van der Waals surface area contributed by atoms with Gasteiger partial charge in [-0.3, -0.25) is 19.7 Å². The van der Waals surface area contributed by atoms with Crippen molar-refractivity contribution in [2.24, 2.45) is 11.1 Å². The molecule has 12 heteroatoms. The van der Waals surface area contributed by atoms with Crippen LogP contribution in [-0.2, 0) is 24.5 Å². The van der Waals surface area contributed by atoms with Crippen LogP contribution in [0.15, 0.2) is 30.5 Å². The fourth-order valence-electron chi connectivity index (χ4n) is 7.72. The normalized spacial score (nSPS) is 31.0. The van der Waals surface area contributed by atoms with Crippen LogP contribution in [0.2, 0.25) is 10.2 Å². The maximum Gasteiger partial charge on any atom is 0.246 e. The molecular formula is C31H36Cl2FN5O4. The van der Waals surface area contributed by atoms with Gasteiger partial charge in [0.15, 0.2) is 0 Å². The second kappa shape index (κ2) is 11.0. The van der Waals surface area contributed by atoms with Gasteiger partial charge >= 0.3 is 0 Å². The Morgan fingerprint density at radius 1 is 1.16 bits per heavy atom. The van der Waals surface area contributed by atoms with Crippen LogP contribution in [-0.4, -0.2) is 53.0 Å². The van der Waals surface area contributed by atoms with Gasteiger partial charge in [-0.1, -0.05) is 49.2 Å². The van der Waals surface area contributed by atoms with Crippen LogP contribution in [0.1, 0.15) is 75.8 Å². The number of aromatic nitrogens is 1. The lowest BCUT2D eigenvalue weighted by atomic mass is 9.59. The number of nitrogens with two attached hydrogens (primary N) is 1. The van der Waals surface area contributed by atoms with Crippen molar-refractivity contribution in [3.8, 4) is 0 Å². The molecule has 0 bridgehead atoms. The van der Waals surface area contributed by atoms with Crippen LogP contribution in [0, 0.1) is 11.2 Å². The lowest BCUT2D eigenvalue weighted by Crippen LogP contribution is -2.59. The topological polar surface area (TPSA) is 135 Å². The number of fused-ring (bicyclic) bond motifs is 1. The molecule has 1 aromatic heterocycles. The number of hydrogen-bond donors (Lipinski definition) is 4. The van der Waals surface area contributed by atoms with E-state index in [-0.39, 0.29) is 45.6 Å². The minimum Gasteiger partial charge on any atom is -0.367 e. The van der Waals surface area contributed by atoms with E-state index < -0.39 is 40.7 Å². The number of carbonyl (C=O) groups is 3. The Hall–Kier alpha value is -2.79. The molecule has 1 aliphatic carbocycles. The van der Waals surface area contributed by atoms with Crippen LogP contribution in [0.5, 0.6) is 0 Å². The van der Waals surface area contributed by atoms with Crippen molar-refractivity contribution >= 4 is 46.6 Å². The van der Waals surface area contributed by atoms with E-state index in [1.807, 2.05) is 0 Å². The zero-order chi connectivity index (χ0) is 30.7. The van der Waals surface area contributed by atoms with Crippen molar-refractivity contribution in [1.29, 1.82) is 0 Å². The number of halogens is 3. The van der Waals surface area contributed by atoms with E-state index in [9.17, 15) is 14.4 Å². The summed E-state index contributed by atoms with van der Waals surface area (Å²) in [5.41, 5.74) is 4.86. The van der Waals surface area contributed by atoms with Gasteiger partial charge in [0, 0.05) is 28.4 Å². The Bertz CT molecular complexity index is 1470. The van der Waals surface area contributed by atoms with Crippen LogP contribution in [0.4, 0.5) is 10.1 Å². The highest BCUT2D eigenvalue weighted by atomic mass is 35.5. The molecule has 3 fully saturated rings. The van der Waals surface area contributed by atoms with Crippen LogP contribution in [0.25, 0.3) is 0 Å². The number of rotatable bonds is 5. The largest absolute Gasteiger partial charge is 0.367 e. The van der Waals surface area contributed by atoms with Gasteiger partial charge in [-0.2, -0.15) is 0 Å². The third-order valence-corrected chi connectivity index (χ3v) is 10.6. The maximum atomic E-state index is 16.3. The Labute approximate surface area is 259 Å². The Balaban J connectivity index is 1.48. The first-order valence-corrected chi connectivity index (χ1v) is 15.5. The van der Waals surface area contributed by atoms with E-state index in [1.165, 1.54) is 12.3 Å². The van der Waals surface area contributed by atoms with Crippen molar-refractivity contribution in [3.63, 3.8) is 0 Å². The van der Waals surface area contributed by atoms with E-state index in [0.29, 0.717) is 30.5 Å². The molecule has 6 rings (SSSR count). The summed E-state index contributed by atoms with van der Waals surface area (Å²) >= 11 is 12.6. The van der Waals surface area contributed by atoms with Crippen LogP contribution >= 0.6 is 23.2 Å². The summed E-state index contributed by atoms with van der Waals surface area (Å²) < 4.78 is 21.9. The van der Waals surface area contributed by atoms with Gasteiger partial charge in [0.05, 0.1) is 29.6 Å². The molecule has 2 saturated heterocycles. The predicted molar refractivity (Wildman–Crippen MR) is 160 cm³/mol. The van der Waals surface area contributed by atoms with E-state index in [0.717, 1.165) is 25.7 Å². The highest BCUT2D eigenvalue weighted by molar-refractivity contribution is 6.31. The standard InChI is InChI=1S/C31H36Cl2FN5O4/c1-29(2)8-10-30(11-9-29)15-31(18-4-3-5-19(32)24(18)34,23-17-13-36-22(33)12-20(17)38-27(23)41)25(39-30)28(42)37-16-6-7-21(26(35)40)43-14-16/h3-5,12-13,16,21,23,25,39H,6-11,14-15H2,1-2H3,(H2,35,40)(H,37,42)(H,38,41)/t16-,21+,23?,25+,31+/m1/s1. The summed E-state index contributed by atoms with van der Waals surface area (Å²) in [5, 5.41) is 9.79. The predicted octanol–water partition coefficient (Wildman–Crippen LogP) is 4.35. The van der Waals surface area contributed by atoms with Crippen LogP contribution < -0.4 is 21.7 Å². The SMILES string of the molecule is CC1(C)CCC2(CC1)C[C@](c1cccc(Cl)c1F)(C1C(=O)Nc3cc(Cl)ncc31)[C@H](C(=O)N[C@@H]1CC[C@@H](C(N)=O)OC1)N2. The molecule has 2 aromatic rings. The molecule has 3 aliphatic heterocycles. The molecular weight excluding hydrogens is 596 g/mol. The van der Waals surface area contributed by atoms with Crippen molar-refractivity contribution in [1.82, 2.24) is 15.6 Å². The summed E-state index contributed by atoms with van der Waals surface area (Å²) in [6.07, 6.45) is 5.32. The van der Waals surface area contributed by atoms with Gasteiger partial charge in [-0.25, -0.2) is 9.37 Å². The summed E-state index contributed by atoms with van der Waals surface area (Å²) in [5.74, 6) is -2.91. The number of benzene rings is 1. The van der Waals surface area contributed by atoms with E-state index in [4.69, 9.17) is 33.7 Å². The molecule has 1 spiro atoms. The van der Waals surface area contributed by atoms with E-state index in [1.54, 1.807) is 18.2 Å². The molecule has 4 heterocycles. The monoisotopic (exact) mass is 631 g/mol. The molecule has 1 aromatic carbocycles. The van der Waals surface area contributed by atoms with Crippen molar-refractivity contribution in [3.05, 3.63) is 57.6 Å². The third kappa shape index (κ3) is 5.30. The summed E-state index contributed by atoms with van der Waals surface area (Å²) in [7, 11) is 0. The van der Waals surface area contributed by atoms with Crippen LogP contribution in [0.3, 0.4) is 0 Å². The van der Waals surface area contributed by atoms with Gasteiger partial charge in [-0.15, -0.1) is 0 Å².